The predicted octanol–water partition coefficient (Wildman–Crippen LogP) is 1.40. The topological polar surface area (TPSA) is 159 Å². The number of pyridine rings is 1. The van der Waals surface area contributed by atoms with Crippen LogP contribution in [0.1, 0.15) is 10.4 Å². The van der Waals surface area contributed by atoms with Crippen LogP contribution in [-0.2, 0) is 4.79 Å². The van der Waals surface area contributed by atoms with Crippen LogP contribution in [0.4, 0.5) is 11.4 Å². The van der Waals surface area contributed by atoms with Crippen molar-refractivity contribution in [3.8, 4) is 5.82 Å². The first-order valence-corrected chi connectivity index (χ1v) is 8.74. The van der Waals surface area contributed by atoms with Gasteiger partial charge < -0.3 is 11.1 Å². The lowest BCUT2D eigenvalue weighted by molar-refractivity contribution is -0.387. The van der Waals surface area contributed by atoms with Crippen LogP contribution < -0.4 is 11.1 Å². The number of aromatic nitrogens is 4. The van der Waals surface area contributed by atoms with E-state index >= 15 is 0 Å². The number of rotatable bonds is 7. The Kier molecular flexibility index (Phi) is 5.60. The van der Waals surface area contributed by atoms with E-state index in [1.807, 2.05) is 0 Å². The highest BCUT2D eigenvalue weighted by Gasteiger charge is 2.18. The maximum Gasteiger partial charge on any atom is 0.283 e. The summed E-state index contributed by atoms with van der Waals surface area (Å²) < 4.78 is 1.47. The van der Waals surface area contributed by atoms with Gasteiger partial charge >= 0.3 is 0 Å². The fourth-order valence-electron chi connectivity index (χ4n) is 2.20. The minimum absolute atomic E-state index is 0.0269. The van der Waals surface area contributed by atoms with E-state index in [0.29, 0.717) is 11.5 Å². The van der Waals surface area contributed by atoms with Gasteiger partial charge in [-0.15, -0.1) is 11.8 Å². The Balaban J connectivity index is 1.63. The van der Waals surface area contributed by atoms with E-state index in [1.165, 1.54) is 35.7 Å². The minimum atomic E-state index is -0.765. The zero-order valence-electron chi connectivity index (χ0n) is 14.2. The molecule has 11 nitrogen and oxygen atoms in total. The van der Waals surface area contributed by atoms with Crippen molar-refractivity contribution in [2.45, 2.75) is 4.90 Å². The average Bonchev–Trinajstić information content (AvgIpc) is 3.21. The number of amides is 2. The third-order valence-electron chi connectivity index (χ3n) is 3.48. The molecule has 2 aromatic heterocycles. The molecule has 0 atom stereocenters. The van der Waals surface area contributed by atoms with Crippen molar-refractivity contribution < 1.29 is 14.5 Å². The van der Waals surface area contributed by atoms with Gasteiger partial charge in [0.2, 0.25) is 11.8 Å². The number of thioether (sulfide) groups is 1. The van der Waals surface area contributed by atoms with Gasteiger partial charge in [-0.3, -0.25) is 19.7 Å². The largest absolute Gasteiger partial charge is 0.366 e. The maximum absolute atomic E-state index is 12.1. The molecule has 1 aromatic carbocycles. The Morgan fingerprint density at radius 2 is 2.11 bits per heavy atom. The molecule has 0 aliphatic heterocycles. The number of carbonyl (C=O) groups is 2. The van der Waals surface area contributed by atoms with E-state index in [-0.39, 0.29) is 27.8 Å². The number of nitrogens with zero attached hydrogens (tertiary/aromatic N) is 5. The molecule has 3 rings (SSSR count). The van der Waals surface area contributed by atoms with Gasteiger partial charge in [0, 0.05) is 11.6 Å². The lowest BCUT2D eigenvalue weighted by Crippen LogP contribution is -2.15. The second-order valence-electron chi connectivity index (χ2n) is 5.39. The van der Waals surface area contributed by atoms with Gasteiger partial charge in [-0.05, 0) is 24.3 Å². The van der Waals surface area contributed by atoms with Gasteiger partial charge in [0.25, 0.3) is 5.69 Å². The van der Waals surface area contributed by atoms with E-state index < -0.39 is 10.8 Å². The Hall–Kier alpha value is -3.80. The monoisotopic (exact) mass is 399 g/mol. The number of hydrogen-bond acceptors (Lipinski definition) is 8. The van der Waals surface area contributed by atoms with Crippen molar-refractivity contribution in [2.75, 3.05) is 11.1 Å². The summed E-state index contributed by atoms with van der Waals surface area (Å²) in [6.45, 7) is 0. The molecule has 28 heavy (non-hydrogen) atoms. The molecule has 0 aliphatic carbocycles. The second-order valence-corrected chi connectivity index (χ2v) is 6.40. The molecule has 0 aliphatic rings. The highest BCUT2D eigenvalue weighted by Crippen LogP contribution is 2.30. The van der Waals surface area contributed by atoms with E-state index in [2.05, 4.69) is 20.4 Å². The third-order valence-corrected chi connectivity index (χ3v) is 4.55. The van der Waals surface area contributed by atoms with Gasteiger partial charge in [0.05, 0.1) is 27.5 Å². The number of nitrogens with two attached hydrogens (primary N) is 1. The number of anilines is 1. The summed E-state index contributed by atoms with van der Waals surface area (Å²) in [5.74, 6) is -0.662. The van der Waals surface area contributed by atoms with Crippen LogP contribution >= 0.6 is 11.8 Å². The lowest BCUT2D eigenvalue weighted by atomic mass is 10.2. The molecule has 12 heteroatoms. The molecule has 0 spiro atoms. The predicted molar refractivity (Wildman–Crippen MR) is 100 cm³/mol. The van der Waals surface area contributed by atoms with Crippen LogP contribution in [0.2, 0.25) is 0 Å². The van der Waals surface area contributed by atoms with Crippen LogP contribution in [-0.4, -0.2) is 42.2 Å². The Labute approximate surface area is 162 Å². The fourth-order valence-corrected chi connectivity index (χ4v) is 3.00. The van der Waals surface area contributed by atoms with Crippen molar-refractivity contribution in [1.29, 1.82) is 0 Å². The Bertz CT molecular complexity index is 1020. The summed E-state index contributed by atoms with van der Waals surface area (Å²) in [6, 6.07) is 7.17. The molecule has 0 fully saturated rings. The summed E-state index contributed by atoms with van der Waals surface area (Å²) in [4.78, 5) is 42.1. The van der Waals surface area contributed by atoms with Gasteiger partial charge in [0.1, 0.15) is 12.7 Å². The molecule has 0 unspecified atom stereocenters. The molecule has 3 N–H and O–H groups in total. The third kappa shape index (κ3) is 4.48. The Morgan fingerprint density at radius 3 is 2.71 bits per heavy atom. The molecule has 142 valence electrons. The Morgan fingerprint density at radius 1 is 1.29 bits per heavy atom. The van der Waals surface area contributed by atoms with E-state index in [4.69, 9.17) is 5.73 Å². The molecular formula is C16H13N7O4S. The van der Waals surface area contributed by atoms with Gasteiger partial charge in [-0.1, -0.05) is 0 Å². The first kappa shape index (κ1) is 19.0. The standard InChI is InChI=1S/C16H13N7O4S/c17-16(25)10-1-3-13(12(5-10)23(26)27)28-7-15(24)21-11-2-4-14(19-6-11)22-9-18-8-20-22/h1-6,8-9H,7H2,(H2,17,25)(H,21,24). The molecule has 2 heterocycles. The first-order chi connectivity index (χ1) is 13.4. The van der Waals surface area contributed by atoms with E-state index in [0.717, 1.165) is 17.8 Å². The SMILES string of the molecule is NC(=O)c1ccc(SCC(=O)Nc2ccc(-n3cncn3)nc2)c([N+](=O)[O-])c1. The highest BCUT2D eigenvalue weighted by molar-refractivity contribution is 8.00. The van der Waals surface area contributed by atoms with Crippen LogP contribution in [0, 0.1) is 10.1 Å². The summed E-state index contributed by atoms with van der Waals surface area (Å²) in [5.41, 5.74) is 5.34. The van der Waals surface area contributed by atoms with Crippen molar-refractivity contribution in [3.05, 3.63) is 64.9 Å². The number of primary amides is 1. The maximum atomic E-state index is 12.1. The highest BCUT2D eigenvalue weighted by atomic mass is 32.2. The zero-order chi connectivity index (χ0) is 20.1. The summed E-state index contributed by atoms with van der Waals surface area (Å²) in [7, 11) is 0. The number of nitro groups is 1. The summed E-state index contributed by atoms with van der Waals surface area (Å²) in [5, 5.41) is 17.8. The molecule has 0 saturated carbocycles. The molecule has 0 saturated heterocycles. The van der Waals surface area contributed by atoms with Gasteiger partial charge in [-0.25, -0.2) is 14.6 Å². The summed E-state index contributed by atoms with van der Waals surface area (Å²) in [6.07, 6.45) is 4.33. The van der Waals surface area contributed by atoms with Crippen molar-refractivity contribution in [2.24, 2.45) is 5.73 Å². The fraction of sp³-hybridized carbons (Fsp3) is 0.0625. The van der Waals surface area contributed by atoms with Crippen LogP contribution in [0.25, 0.3) is 5.82 Å². The molecule has 2 amide bonds. The second kappa shape index (κ2) is 8.26. The van der Waals surface area contributed by atoms with E-state index in [1.54, 1.807) is 12.1 Å². The van der Waals surface area contributed by atoms with Gasteiger partial charge in [0.15, 0.2) is 5.82 Å². The van der Waals surface area contributed by atoms with Crippen LogP contribution in [0.3, 0.4) is 0 Å². The number of hydrogen-bond donors (Lipinski definition) is 2. The van der Waals surface area contributed by atoms with Crippen LogP contribution in [0.15, 0.2) is 54.1 Å². The van der Waals surface area contributed by atoms with Gasteiger partial charge in [-0.2, -0.15) is 5.10 Å². The quantitative estimate of drug-likeness (QED) is 0.342. The van der Waals surface area contributed by atoms with Crippen LogP contribution in [0.5, 0.6) is 0 Å². The molecular weight excluding hydrogens is 386 g/mol. The zero-order valence-corrected chi connectivity index (χ0v) is 15.0. The smallest absolute Gasteiger partial charge is 0.283 e. The minimum Gasteiger partial charge on any atom is -0.366 e. The molecule has 0 radical (unpaired) electrons. The average molecular weight is 399 g/mol. The van der Waals surface area contributed by atoms with Crippen molar-refractivity contribution in [1.82, 2.24) is 19.7 Å². The van der Waals surface area contributed by atoms with Crippen molar-refractivity contribution >= 4 is 35.0 Å². The number of nitrogens with one attached hydrogen (secondary N) is 1. The normalized spacial score (nSPS) is 10.4. The van der Waals surface area contributed by atoms with Crippen molar-refractivity contribution in [3.63, 3.8) is 0 Å². The number of benzene rings is 1. The number of nitro benzene ring substituents is 1. The molecule has 3 aromatic rings. The number of carbonyl (C=O) groups excluding carboxylic acids is 2. The van der Waals surface area contributed by atoms with E-state index in [9.17, 15) is 19.7 Å². The lowest BCUT2D eigenvalue weighted by Gasteiger charge is -2.07. The summed E-state index contributed by atoms with van der Waals surface area (Å²) >= 11 is 0.976. The molecule has 0 bridgehead atoms. The first-order valence-electron chi connectivity index (χ1n) is 7.76.